The Bertz CT molecular complexity index is 420. The van der Waals surface area contributed by atoms with E-state index in [-0.39, 0.29) is 5.91 Å². The van der Waals surface area contributed by atoms with Gasteiger partial charge in [-0.15, -0.1) is 0 Å². The summed E-state index contributed by atoms with van der Waals surface area (Å²) in [5.74, 6) is 0.139. The molecule has 0 aromatic heterocycles. The molecular weight excluding hydrogens is 262 g/mol. The fraction of sp³-hybridized carbons (Fsp3) is 0.882. The van der Waals surface area contributed by atoms with E-state index in [1.807, 2.05) is 4.90 Å². The average Bonchev–Trinajstić information content (AvgIpc) is 2.73. The molecule has 0 aromatic carbocycles. The highest BCUT2D eigenvalue weighted by molar-refractivity contribution is 5.85. The van der Waals surface area contributed by atoms with Crippen molar-refractivity contribution in [2.75, 3.05) is 26.2 Å². The van der Waals surface area contributed by atoms with Crippen molar-refractivity contribution in [3.8, 4) is 6.07 Å². The van der Waals surface area contributed by atoms with E-state index in [1.54, 1.807) is 0 Å². The van der Waals surface area contributed by atoms with Gasteiger partial charge in [-0.25, -0.2) is 0 Å². The first kappa shape index (κ1) is 14.8. The SMILES string of the molecule is N#CC1(C(=O)N2CCCN3CCCC3C2)CCCCCC1. The lowest BCUT2D eigenvalue weighted by Crippen LogP contribution is -2.46. The molecule has 0 aromatic rings. The van der Waals surface area contributed by atoms with E-state index in [4.69, 9.17) is 0 Å². The van der Waals surface area contributed by atoms with E-state index >= 15 is 0 Å². The van der Waals surface area contributed by atoms with Crippen LogP contribution in [0.15, 0.2) is 0 Å². The van der Waals surface area contributed by atoms with Gasteiger partial charge in [0.1, 0.15) is 5.41 Å². The number of carbonyl (C=O) groups excluding carboxylic acids is 1. The maximum atomic E-state index is 13.1. The molecule has 0 radical (unpaired) electrons. The molecule has 2 saturated heterocycles. The highest BCUT2D eigenvalue weighted by Gasteiger charge is 2.43. The zero-order valence-electron chi connectivity index (χ0n) is 13.0. The van der Waals surface area contributed by atoms with Crippen LogP contribution in [0, 0.1) is 16.7 Å². The zero-order valence-corrected chi connectivity index (χ0v) is 13.0. The summed E-state index contributed by atoms with van der Waals surface area (Å²) in [6, 6.07) is 2.97. The van der Waals surface area contributed by atoms with Gasteiger partial charge in [-0.2, -0.15) is 5.26 Å². The standard InChI is InChI=1S/C17H27N3O/c18-14-17(8-3-1-2-4-9-17)16(21)20-12-6-11-19-10-5-7-15(19)13-20/h15H,1-13H2. The summed E-state index contributed by atoms with van der Waals surface area (Å²) >= 11 is 0. The summed E-state index contributed by atoms with van der Waals surface area (Å²) in [6.07, 6.45) is 9.48. The first-order chi connectivity index (χ1) is 10.2. The van der Waals surface area contributed by atoms with Crippen molar-refractivity contribution < 1.29 is 4.79 Å². The first-order valence-electron chi connectivity index (χ1n) is 8.70. The minimum Gasteiger partial charge on any atom is -0.340 e. The van der Waals surface area contributed by atoms with Crippen LogP contribution >= 0.6 is 0 Å². The van der Waals surface area contributed by atoms with Crippen molar-refractivity contribution in [3.05, 3.63) is 0 Å². The van der Waals surface area contributed by atoms with E-state index in [2.05, 4.69) is 11.0 Å². The Morgan fingerprint density at radius 3 is 2.43 bits per heavy atom. The van der Waals surface area contributed by atoms with E-state index < -0.39 is 5.41 Å². The number of fused-ring (bicyclic) bond motifs is 1. The fourth-order valence-corrected chi connectivity index (χ4v) is 4.40. The van der Waals surface area contributed by atoms with Gasteiger partial charge in [0.25, 0.3) is 0 Å². The Morgan fingerprint density at radius 1 is 1.00 bits per heavy atom. The van der Waals surface area contributed by atoms with Gasteiger partial charge < -0.3 is 4.90 Å². The molecule has 1 amide bonds. The molecule has 1 unspecified atom stereocenters. The van der Waals surface area contributed by atoms with E-state index in [9.17, 15) is 10.1 Å². The number of nitriles is 1. The predicted molar refractivity (Wildman–Crippen MR) is 81.5 cm³/mol. The van der Waals surface area contributed by atoms with Gasteiger partial charge in [-0.1, -0.05) is 25.7 Å². The molecule has 1 aliphatic carbocycles. The van der Waals surface area contributed by atoms with Crippen LogP contribution in [0.3, 0.4) is 0 Å². The molecule has 21 heavy (non-hydrogen) atoms. The quantitative estimate of drug-likeness (QED) is 0.697. The van der Waals surface area contributed by atoms with E-state index in [1.165, 1.54) is 32.2 Å². The van der Waals surface area contributed by atoms with Crippen molar-refractivity contribution in [1.29, 1.82) is 5.26 Å². The monoisotopic (exact) mass is 289 g/mol. The van der Waals surface area contributed by atoms with Gasteiger partial charge in [-0.3, -0.25) is 9.69 Å². The average molecular weight is 289 g/mol. The van der Waals surface area contributed by atoms with Gasteiger partial charge >= 0.3 is 0 Å². The number of nitrogens with zero attached hydrogens (tertiary/aromatic N) is 3. The molecule has 3 aliphatic rings. The molecule has 0 N–H and O–H groups in total. The predicted octanol–water partition coefficient (Wildman–Crippen LogP) is 2.55. The molecule has 4 heteroatoms. The Balaban J connectivity index is 1.74. The maximum Gasteiger partial charge on any atom is 0.243 e. The van der Waals surface area contributed by atoms with Gasteiger partial charge in [0.2, 0.25) is 5.91 Å². The normalized spacial score (nSPS) is 30.0. The smallest absolute Gasteiger partial charge is 0.243 e. The third-order valence-corrected chi connectivity index (χ3v) is 5.67. The van der Waals surface area contributed by atoms with E-state index in [0.29, 0.717) is 6.04 Å². The van der Waals surface area contributed by atoms with Crippen molar-refractivity contribution in [2.24, 2.45) is 5.41 Å². The third-order valence-electron chi connectivity index (χ3n) is 5.67. The second-order valence-corrected chi connectivity index (χ2v) is 7.04. The topological polar surface area (TPSA) is 47.3 Å². The summed E-state index contributed by atoms with van der Waals surface area (Å²) in [4.78, 5) is 17.7. The molecular formula is C17H27N3O. The van der Waals surface area contributed by atoms with Crippen LogP contribution in [0.1, 0.15) is 57.8 Å². The maximum absolute atomic E-state index is 13.1. The minimum atomic E-state index is -0.718. The van der Waals surface area contributed by atoms with Crippen LogP contribution < -0.4 is 0 Å². The van der Waals surface area contributed by atoms with Gasteiger partial charge in [0.15, 0.2) is 0 Å². The Morgan fingerprint density at radius 2 is 1.71 bits per heavy atom. The van der Waals surface area contributed by atoms with Crippen molar-refractivity contribution >= 4 is 5.91 Å². The lowest BCUT2D eigenvalue weighted by atomic mass is 9.80. The number of rotatable bonds is 1. The van der Waals surface area contributed by atoms with Crippen molar-refractivity contribution in [1.82, 2.24) is 9.80 Å². The number of hydrogen-bond donors (Lipinski definition) is 0. The molecule has 0 bridgehead atoms. The second-order valence-electron chi connectivity index (χ2n) is 7.04. The van der Waals surface area contributed by atoms with Gasteiger partial charge in [0, 0.05) is 25.7 Å². The number of amides is 1. The molecule has 2 heterocycles. The van der Waals surface area contributed by atoms with Crippen LogP contribution in [-0.4, -0.2) is 47.9 Å². The summed E-state index contributed by atoms with van der Waals surface area (Å²) in [5, 5.41) is 9.72. The number of carbonyl (C=O) groups is 1. The highest BCUT2D eigenvalue weighted by atomic mass is 16.2. The largest absolute Gasteiger partial charge is 0.340 e. The fourth-order valence-electron chi connectivity index (χ4n) is 4.40. The Hall–Kier alpha value is -1.08. The molecule has 3 rings (SSSR count). The molecule has 1 saturated carbocycles. The summed E-state index contributed by atoms with van der Waals surface area (Å²) < 4.78 is 0. The van der Waals surface area contributed by atoms with E-state index in [0.717, 1.165) is 51.7 Å². The molecule has 1 atom stereocenters. The molecule has 2 aliphatic heterocycles. The number of hydrogen-bond acceptors (Lipinski definition) is 3. The highest BCUT2D eigenvalue weighted by Crippen LogP contribution is 2.37. The van der Waals surface area contributed by atoms with Crippen molar-refractivity contribution in [3.63, 3.8) is 0 Å². The minimum absolute atomic E-state index is 0.139. The lowest BCUT2D eigenvalue weighted by molar-refractivity contribution is -0.140. The van der Waals surface area contributed by atoms with Crippen LogP contribution in [0.25, 0.3) is 0 Å². The zero-order chi connectivity index (χ0) is 14.7. The Labute approximate surface area is 128 Å². The van der Waals surface area contributed by atoms with Gasteiger partial charge in [0.05, 0.1) is 6.07 Å². The van der Waals surface area contributed by atoms with Crippen LogP contribution in [0.2, 0.25) is 0 Å². The molecule has 3 fully saturated rings. The van der Waals surface area contributed by atoms with Gasteiger partial charge in [-0.05, 0) is 38.6 Å². The third kappa shape index (κ3) is 2.94. The van der Waals surface area contributed by atoms with Crippen LogP contribution in [0.4, 0.5) is 0 Å². The first-order valence-corrected chi connectivity index (χ1v) is 8.70. The summed E-state index contributed by atoms with van der Waals surface area (Å²) in [6.45, 7) is 4.00. The van der Waals surface area contributed by atoms with Crippen LogP contribution in [0.5, 0.6) is 0 Å². The van der Waals surface area contributed by atoms with Crippen molar-refractivity contribution in [2.45, 2.75) is 63.8 Å². The second kappa shape index (κ2) is 6.36. The van der Waals surface area contributed by atoms with Crippen LogP contribution in [-0.2, 0) is 4.79 Å². The molecule has 4 nitrogen and oxygen atoms in total. The molecule has 116 valence electrons. The summed E-state index contributed by atoms with van der Waals surface area (Å²) in [7, 11) is 0. The lowest BCUT2D eigenvalue weighted by Gasteiger charge is -2.32. The summed E-state index contributed by atoms with van der Waals surface area (Å²) in [5.41, 5.74) is -0.718. The Kier molecular flexibility index (Phi) is 4.49. The molecule has 0 spiro atoms.